The van der Waals surface area contributed by atoms with Gasteiger partial charge in [0, 0.05) is 25.2 Å². The molecule has 154 valence electrons. The Kier molecular flexibility index (Phi) is 7.19. The van der Waals surface area contributed by atoms with E-state index in [1.807, 2.05) is 32.0 Å². The molecule has 0 aliphatic rings. The molecule has 29 heavy (non-hydrogen) atoms. The van der Waals surface area contributed by atoms with Gasteiger partial charge in [0.15, 0.2) is 5.96 Å². The molecule has 0 amide bonds. The van der Waals surface area contributed by atoms with Crippen molar-refractivity contribution in [1.29, 1.82) is 0 Å². The lowest BCUT2D eigenvalue weighted by Crippen LogP contribution is -2.38. The Morgan fingerprint density at radius 1 is 1.21 bits per heavy atom. The van der Waals surface area contributed by atoms with Crippen LogP contribution >= 0.6 is 0 Å². The molecule has 0 bridgehead atoms. The van der Waals surface area contributed by atoms with Gasteiger partial charge in [-0.2, -0.15) is 0 Å². The highest BCUT2D eigenvalue weighted by atomic mass is 19.1. The highest BCUT2D eigenvalue weighted by molar-refractivity contribution is 5.79. The number of aliphatic hydroxyl groups excluding tert-OH is 1. The van der Waals surface area contributed by atoms with Gasteiger partial charge in [0.2, 0.25) is 0 Å². The maximum absolute atomic E-state index is 13.5. The van der Waals surface area contributed by atoms with Crippen molar-refractivity contribution in [1.82, 2.24) is 20.2 Å². The monoisotopic (exact) mass is 397 g/mol. The number of aliphatic hydroxyl groups is 1. The minimum Gasteiger partial charge on any atom is -0.392 e. The van der Waals surface area contributed by atoms with E-state index in [-0.39, 0.29) is 6.61 Å². The molecule has 0 saturated carbocycles. The molecule has 7 heteroatoms. The van der Waals surface area contributed by atoms with Gasteiger partial charge in [-0.25, -0.2) is 14.4 Å². The van der Waals surface area contributed by atoms with Crippen LogP contribution < -0.4 is 10.6 Å². The van der Waals surface area contributed by atoms with E-state index in [9.17, 15) is 9.50 Å². The van der Waals surface area contributed by atoms with E-state index in [4.69, 9.17) is 0 Å². The summed E-state index contributed by atoms with van der Waals surface area (Å²) >= 11 is 0. The molecular formula is C22H28FN5O. The van der Waals surface area contributed by atoms with Crippen LogP contribution in [0.1, 0.15) is 30.3 Å². The minimum absolute atomic E-state index is 0.290. The standard InChI is InChI=1S/C22H28FN5O/c1-3-24-22(26-14-17-9-10-19(23)18(13-17)15-29)25-11-6-12-28-16(2)27-20-7-4-5-8-21(20)28/h4-5,7-10,13,29H,3,6,11-12,14-15H2,1-2H3,(H2,24,25,26). The summed E-state index contributed by atoms with van der Waals surface area (Å²) < 4.78 is 15.7. The summed E-state index contributed by atoms with van der Waals surface area (Å²) in [4.78, 5) is 9.16. The Balaban J connectivity index is 1.56. The lowest BCUT2D eigenvalue weighted by atomic mass is 10.1. The van der Waals surface area contributed by atoms with Gasteiger partial charge in [-0.05, 0) is 50.1 Å². The number of aryl methyl sites for hydroxylation is 2. The van der Waals surface area contributed by atoms with Crippen LogP contribution in [0.5, 0.6) is 0 Å². The van der Waals surface area contributed by atoms with E-state index < -0.39 is 5.82 Å². The summed E-state index contributed by atoms with van der Waals surface area (Å²) in [6.07, 6.45) is 0.927. The molecule has 0 spiro atoms. The van der Waals surface area contributed by atoms with Crippen LogP contribution in [0.4, 0.5) is 4.39 Å². The second-order valence-corrected chi connectivity index (χ2v) is 6.86. The number of fused-ring (bicyclic) bond motifs is 1. The molecule has 0 fully saturated rings. The Hall–Kier alpha value is -2.93. The third kappa shape index (κ3) is 5.32. The predicted molar refractivity (Wildman–Crippen MR) is 114 cm³/mol. The maximum Gasteiger partial charge on any atom is 0.191 e. The third-order valence-corrected chi connectivity index (χ3v) is 4.74. The van der Waals surface area contributed by atoms with Crippen LogP contribution in [0.3, 0.4) is 0 Å². The number of nitrogens with zero attached hydrogens (tertiary/aromatic N) is 3. The van der Waals surface area contributed by atoms with Crippen LogP contribution in [0.2, 0.25) is 0 Å². The molecule has 0 saturated heterocycles. The number of para-hydroxylation sites is 2. The molecule has 0 radical (unpaired) electrons. The van der Waals surface area contributed by atoms with E-state index in [2.05, 4.69) is 31.2 Å². The number of nitrogens with one attached hydrogen (secondary N) is 2. The van der Waals surface area contributed by atoms with Crippen LogP contribution in [-0.2, 0) is 19.7 Å². The molecule has 0 aliphatic heterocycles. The summed E-state index contributed by atoms with van der Waals surface area (Å²) in [6, 6.07) is 12.9. The van der Waals surface area contributed by atoms with Crippen LogP contribution in [-0.4, -0.2) is 33.7 Å². The van der Waals surface area contributed by atoms with Gasteiger partial charge in [0.05, 0.1) is 24.2 Å². The molecular weight excluding hydrogens is 369 g/mol. The van der Waals surface area contributed by atoms with Crippen LogP contribution in [0, 0.1) is 12.7 Å². The first-order valence-corrected chi connectivity index (χ1v) is 9.94. The van der Waals surface area contributed by atoms with Crippen molar-refractivity contribution in [3.8, 4) is 0 Å². The van der Waals surface area contributed by atoms with E-state index in [1.165, 1.54) is 6.07 Å². The summed E-state index contributed by atoms with van der Waals surface area (Å²) in [7, 11) is 0. The number of aromatic nitrogens is 2. The van der Waals surface area contributed by atoms with Crippen molar-refractivity contribution < 1.29 is 9.50 Å². The highest BCUT2D eigenvalue weighted by Gasteiger charge is 2.06. The van der Waals surface area contributed by atoms with Crippen LogP contribution in [0.25, 0.3) is 11.0 Å². The number of hydrogen-bond acceptors (Lipinski definition) is 3. The molecule has 6 nitrogen and oxygen atoms in total. The smallest absolute Gasteiger partial charge is 0.191 e. The number of aliphatic imine (C=N–C) groups is 1. The SMILES string of the molecule is CCNC(=NCc1ccc(F)c(CO)c1)NCCCn1c(C)nc2ccccc21. The van der Waals surface area contributed by atoms with Crippen molar-refractivity contribution >= 4 is 17.0 Å². The maximum atomic E-state index is 13.5. The molecule has 3 aromatic rings. The van der Waals surface area contributed by atoms with Crippen molar-refractivity contribution in [3.05, 3.63) is 65.2 Å². The van der Waals surface area contributed by atoms with E-state index in [0.717, 1.165) is 54.4 Å². The molecule has 0 unspecified atom stereocenters. The topological polar surface area (TPSA) is 74.5 Å². The van der Waals surface area contributed by atoms with Gasteiger partial charge in [-0.3, -0.25) is 0 Å². The van der Waals surface area contributed by atoms with Gasteiger partial charge >= 0.3 is 0 Å². The molecule has 2 aromatic carbocycles. The first-order valence-electron chi connectivity index (χ1n) is 9.94. The zero-order chi connectivity index (χ0) is 20.6. The fourth-order valence-corrected chi connectivity index (χ4v) is 3.28. The molecule has 1 heterocycles. The number of benzene rings is 2. The average molecular weight is 397 g/mol. The van der Waals surface area contributed by atoms with E-state index in [1.54, 1.807) is 12.1 Å². The Bertz CT molecular complexity index is 982. The van der Waals surface area contributed by atoms with Crippen molar-refractivity contribution in [2.75, 3.05) is 13.1 Å². The number of rotatable bonds is 8. The van der Waals surface area contributed by atoms with Crippen molar-refractivity contribution in [3.63, 3.8) is 0 Å². The van der Waals surface area contributed by atoms with Crippen molar-refractivity contribution in [2.24, 2.45) is 4.99 Å². The predicted octanol–water partition coefficient (Wildman–Crippen LogP) is 3.12. The van der Waals surface area contributed by atoms with Gasteiger partial charge in [0.1, 0.15) is 11.6 Å². The van der Waals surface area contributed by atoms with Crippen molar-refractivity contribution in [2.45, 2.75) is 40.0 Å². The van der Waals surface area contributed by atoms with Gasteiger partial charge in [-0.1, -0.05) is 18.2 Å². The zero-order valence-corrected chi connectivity index (χ0v) is 17.0. The quantitative estimate of drug-likeness (QED) is 0.310. The number of guanidine groups is 1. The normalized spacial score (nSPS) is 11.8. The molecule has 3 N–H and O–H groups in total. The number of imidazole rings is 1. The third-order valence-electron chi connectivity index (χ3n) is 4.74. The molecule has 1 aromatic heterocycles. The lowest BCUT2D eigenvalue weighted by Gasteiger charge is -2.12. The summed E-state index contributed by atoms with van der Waals surface area (Å²) in [6.45, 7) is 6.53. The lowest BCUT2D eigenvalue weighted by molar-refractivity contribution is 0.275. The van der Waals surface area contributed by atoms with E-state index in [0.29, 0.717) is 12.1 Å². The molecule has 0 atom stereocenters. The molecule has 3 rings (SSSR count). The fraction of sp³-hybridized carbons (Fsp3) is 0.364. The second-order valence-electron chi connectivity index (χ2n) is 6.86. The summed E-state index contributed by atoms with van der Waals surface area (Å²) in [5.74, 6) is 1.34. The number of halogens is 1. The fourth-order valence-electron chi connectivity index (χ4n) is 3.28. The van der Waals surface area contributed by atoms with E-state index >= 15 is 0 Å². The van der Waals surface area contributed by atoms with Crippen LogP contribution in [0.15, 0.2) is 47.5 Å². The highest BCUT2D eigenvalue weighted by Crippen LogP contribution is 2.15. The van der Waals surface area contributed by atoms with Gasteiger partial charge < -0.3 is 20.3 Å². The first kappa shape index (κ1) is 20.8. The van der Waals surface area contributed by atoms with Gasteiger partial charge in [-0.15, -0.1) is 0 Å². The molecule has 0 aliphatic carbocycles. The Morgan fingerprint density at radius 3 is 2.83 bits per heavy atom. The summed E-state index contributed by atoms with van der Waals surface area (Å²) in [5, 5.41) is 15.8. The largest absolute Gasteiger partial charge is 0.392 e. The number of hydrogen-bond donors (Lipinski definition) is 3. The zero-order valence-electron chi connectivity index (χ0n) is 17.0. The average Bonchev–Trinajstić information content (AvgIpc) is 3.05. The first-order chi connectivity index (χ1) is 14.1. The summed E-state index contributed by atoms with van der Waals surface area (Å²) in [5.41, 5.74) is 3.32. The minimum atomic E-state index is -0.396. The van der Waals surface area contributed by atoms with Gasteiger partial charge in [0.25, 0.3) is 0 Å². The Morgan fingerprint density at radius 2 is 2.03 bits per heavy atom. The Labute approximate surface area is 170 Å². The second kappa shape index (κ2) is 10.0.